The van der Waals surface area contributed by atoms with E-state index in [0.29, 0.717) is 20.2 Å². The average Bonchev–Trinajstić information content (AvgIpc) is 2.73. The molecule has 0 aromatic rings. The van der Waals surface area contributed by atoms with Gasteiger partial charge in [0.15, 0.2) is 0 Å². The Morgan fingerprint density at radius 3 is 1.00 bits per heavy atom. The van der Waals surface area contributed by atoms with Crippen LogP contribution in [0.3, 0.4) is 0 Å². The molecule has 4 aliphatic carbocycles. The summed E-state index contributed by atoms with van der Waals surface area (Å²) in [5.41, 5.74) is 0. The minimum atomic E-state index is -2.22. The predicted octanol–water partition coefficient (Wildman–Crippen LogP) is 9.47. The van der Waals surface area contributed by atoms with Gasteiger partial charge in [0.1, 0.15) is 0 Å². The fourth-order valence-corrected chi connectivity index (χ4v) is 97.9. The Bertz CT molecular complexity index is 958. The molecular formula is C37H77LiOSi5. The molecule has 0 heterocycles. The second-order valence-electron chi connectivity index (χ2n) is 22.3. The molecule has 0 aromatic carbocycles. The van der Waals surface area contributed by atoms with Crippen LogP contribution in [0.15, 0.2) is 0 Å². The van der Waals surface area contributed by atoms with E-state index < -0.39 is 39.0 Å². The van der Waals surface area contributed by atoms with E-state index >= 15 is 0 Å². The number of rotatable bonds is 5. The van der Waals surface area contributed by atoms with Gasteiger partial charge in [0.25, 0.3) is 0 Å². The fraction of sp³-hybridized carbons (Fsp3) is 0.973. The van der Waals surface area contributed by atoms with Gasteiger partial charge in [-0.15, -0.1) is 0 Å². The molecule has 4 aliphatic rings. The van der Waals surface area contributed by atoms with Crippen LogP contribution < -0.4 is 18.9 Å². The maximum Gasteiger partial charge on any atom is 1.00 e. The maximum absolute atomic E-state index is 8.65. The molecule has 0 radical (unpaired) electrons. The standard InChI is InChI=1S/C37H77OSi5.Li/c1-32(2,3)41(19,33(4,5)6)38-39(31-29-23-27-22-28(25-29)26-30(31)24-27)40(42(20,34(7,8)9)35(10,11)12)43(21,36(13,14)15)37(16,17)18;/h27-30H,22-26H2,1-21H3;/q-1;+1. The van der Waals surface area contributed by atoms with E-state index in [4.69, 9.17) is 4.12 Å². The molecule has 0 amide bonds. The molecule has 4 rings (SSSR count). The van der Waals surface area contributed by atoms with Crippen LogP contribution in [0.1, 0.15) is 157 Å². The van der Waals surface area contributed by atoms with E-state index in [1.165, 1.54) is 32.1 Å². The van der Waals surface area contributed by atoms with Crippen molar-refractivity contribution in [1.29, 1.82) is 0 Å². The molecule has 44 heavy (non-hydrogen) atoms. The molecule has 0 N–H and O–H groups in total. The summed E-state index contributed by atoms with van der Waals surface area (Å²) >= 11 is 0. The van der Waals surface area contributed by atoms with Gasteiger partial charge in [-0.3, -0.25) is 0 Å². The number of hydrogen-bond donors (Lipinski definition) is 0. The summed E-state index contributed by atoms with van der Waals surface area (Å²) in [7, 11) is -8.29. The van der Waals surface area contributed by atoms with Crippen molar-refractivity contribution in [2.24, 2.45) is 23.7 Å². The quantitative estimate of drug-likeness (QED) is 0.262. The SMILES string of the molecule is CC(C)(C)[Si](C)(O[Si](=C1C2CC3CC(C2)CC1C3)[Si-]([Si](C)(C(C)(C)C)C(C)(C)C)[Si](C)(C(C)(C)C)C(C)(C)C)C(C)(C)C.[Li+]. The van der Waals surface area contributed by atoms with Crippen LogP contribution in [0, 0.1) is 23.7 Å². The van der Waals surface area contributed by atoms with Crippen LogP contribution in [0.2, 0.25) is 49.9 Å². The van der Waals surface area contributed by atoms with E-state index in [1.807, 2.05) is 0 Å². The van der Waals surface area contributed by atoms with Gasteiger partial charge in [0.2, 0.25) is 8.32 Å². The first-order valence-electron chi connectivity index (χ1n) is 18.1. The zero-order chi connectivity index (χ0) is 33.8. The fourth-order valence-electron chi connectivity index (χ4n) is 10.7. The van der Waals surface area contributed by atoms with Crippen LogP contribution in [-0.2, 0) is 4.12 Å². The molecule has 0 aliphatic heterocycles. The van der Waals surface area contributed by atoms with Gasteiger partial charge in [-0.2, -0.15) is 0 Å². The van der Waals surface area contributed by atoms with Crippen LogP contribution in [-0.4, -0.2) is 44.2 Å². The maximum atomic E-state index is 8.65. The smallest absolute Gasteiger partial charge is 0.627 e. The monoisotopic (exact) mass is 684 g/mol. The van der Waals surface area contributed by atoms with E-state index in [-0.39, 0.29) is 28.9 Å². The Kier molecular flexibility index (Phi) is 11.6. The number of hydrogen-bond acceptors (Lipinski definition) is 1. The zero-order valence-corrected chi connectivity index (χ0v) is 39.3. The van der Waals surface area contributed by atoms with Gasteiger partial charge < -0.3 is 4.12 Å². The molecule has 4 fully saturated rings. The molecule has 1 nitrogen and oxygen atoms in total. The molecule has 0 unspecified atom stereocenters. The third kappa shape index (κ3) is 6.62. The Labute approximate surface area is 295 Å². The molecule has 252 valence electrons. The molecule has 0 aromatic heterocycles. The normalized spacial score (nSPS) is 25.6. The van der Waals surface area contributed by atoms with Crippen molar-refractivity contribution < 1.29 is 23.0 Å². The largest absolute Gasteiger partial charge is 1.00 e. The van der Waals surface area contributed by atoms with Crippen LogP contribution in [0.25, 0.3) is 0 Å². The van der Waals surface area contributed by atoms with E-state index in [2.05, 4.69) is 149 Å². The summed E-state index contributed by atoms with van der Waals surface area (Å²) in [6.07, 6.45) is 7.50. The third-order valence-corrected chi connectivity index (χ3v) is 78.9. The summed E-state index contributed by atoms with van der Waals surface area (Å²) in [6.45, 7) is 56.0. The molecule has 4 bridgehead atoms. The van der Waals surface area contributed by atoms with Crippen molar-refractivity contribution in [3.8, 4) is 0 Å². The molecule has 4 saturated carbocycles. The Morgan fingerprint density at radius 2 is 0.773 bits per heavy atom. The summed E-state index contributed by atoms with van der Waals surface area (Å²) in [4.78, 5) is 0. The summed E-state index contributed by atoms with van der Waals surface area (Å²) in [6, 6.07) is 0. The predicted molar refractivity (Wildman–Crippen MR) is 208 cm³/mol. The molecule has 7 heteroatoms. The molecule has 0 atom stereocenters. The molecule has 0 saturated heterocycles. The van der Waals surface area contributed by atoms with Gasteiger partial charge in [0.05, 0.1) is 0 Å². The van der Waals surface area contributed by atoms with Crippen molar-refractivity contribution in [1.82, 2.24) is 0 Å². The van der Waals surface area contributed by atoms with Crippen molar-refractivity contribution >= 4 is 44.2 Å². The van der Waals surface area contributed by atoms with Crippen molar-refractivity contribution in [2.75, 3.05) is 0 Å². The average molecular weight is 685 g/mol. The van der Waals surface area contributed by atoms with E-state index in [1.54, 1.807) is 0 Å². The van der Waals surface area contributed by atoms with Gasteiger partial charge in [-0.25, -0.2) is 7.35 Å². The van der Waals surface area contributed by atoms with Crippen molar-refractivity contribution in [3.63, 3.8) is 0 Å². The van der Waals surface area contributed by atoms with Crippen molar-refractivity contribution in [2.45, 2.75) is 207 Å². The minimum absolute atomic E-state index is 0. The summed E-state index contributed by atoms with van der Waals surface area (Å²) in [5.74, 6) is 3.72. The first kappa shape index (κ1) is 41.5. The zero-order valence-electron chi connectivity index (χ0n) is 34.3. The van der Waals surface area contributed by atoms with Crippen LogP contribution in [0.5, 0.6) is 0 Å². The topological polar surface area (TPSA) is 9.23 Å². The van der Waals surface area contributed by atoms with Gasteiger partial charge >= 0.3 is 18.9 Å². The van der Waals surface area contributed by atoms with Crippen LogP contribution >= 0.6 is 0 Å². The molecule has 0 spiro atoms. The Hall–Kier alpha value is 1.35. The first-order valence-corrected chi connectivity index (χ1v) is 31.4. The summed E-state index contributed by atoms with van der Waals surface area (Å²) in [5, 5.41) is 3.81. The molecular weight excluding hydrogens is 608 g/mol. The van der Waals surface area contributed by atoms with Crippen LogP contribution in [0.4, 0.5) is 0 Å². The second kappa shape index (κ2) is 12.3. The van der Waals surface area contributed by atoms with Crippen molar-refractivity contribution in [3.05, 3.63) is 0 Å². The van der Waals surface area contributed by atoms with Gasteiger partial charge in [-0.05, 0) is 72.4 Å². The summed E-state index contributed by atoms with van der Waals surface area (Å²) < 4.78 is 8.65. The third-order valence-electron chi connectivity index (χ3n) is 14.7. The van der Waals surface area contributed by atoms with Gasteiger partial charge in [0, 0.05) is 8.17 Å². The van der Waals surface area contributed by atoms with E-state index in [0.717, 1.165) is 23.7 Å². The van der Waals surface area contributed by atoms with E-state index in [9.17, 15) is 0 Å². The van der Waals surface area contributed by atoms with Gasteiger partial charge in [-0.1, -0.05) is 178 Å². The minimum Gasteiger partial charge on any atom is -0.627 e. The Balaban J connectivity index is 0.00000675. The second-order valence-corrected chi connectivity index (χ2v) is 57.1. The Morgan fingerprint density at radius 1 is 0.500 bits per heavy atom. The first-order chi connectivity index (χ1) is 18.8.